The lowest BCUT2D eigenvalue weighted by Crippen LogP contribution is -2.24. The summed E-state index contributed by atoms with van der Waals surface area (Å²) in [6, 6.07) is 11.5. The van der Waals surface area contributed by atoms with E-state index in [1.54, 1.807) is 12.1 Å². The minimum Gasteiger partial charge on any atom is -0.352 e. The van der Waals surface area contributed by atoms with Crippen molar-refractivity contribution in [3.05, 3.63) is 52.5 Å². The molecule has 0 aliphatic rings. The maximum atomic E-state index is 12.4. The summed E-state index contributed by atoms with van der Waals surface area (Å²) < 4.78 is 0. The number of carbonyl (C=O) groups excluding carboxylic acids is 1. The van der Waals surface area contributed by atoms with E-state index in [1.165, 1.54) is 0 Å². The number of aromatic nitrogens is 1. The second kappa shape index (κ2) is 5.93. The Balaban J connectivity index is 2.28. The molecule has 1 heterocycles. The summed E-state index contributed by atoms with van der Waals surface area (Å²) in [6.45, 7) is 4.69. The third-order valence-electron chi connectivity index (χ3n) is 3.74. The Kier molecular flexibility index (Phi) is 3.99. The maximum Gasteiger partial charge on any atom is 0.253 e. The molecule has 0 spiro atoms. The predicted molar refractivity (Wildman–Crippen MR) is 91.6 cm³/mol. The molecule has 0 radical (unpaired) electrons. The lowest BCUT2D eigenvalue weighted by Gasteiger charge is -2.10. The third kappa shape index (κ3) is 2.53. The number of pyridine rings is 1. The van der Waals surface area contributed by atoms with Gasteiger partial charge < -0.3 is 5.32 Å². The van der Waals surface area contributed by atoms with Crippen LogP contribution in [0, 0.1) is 6.92 Å². The molecule has 1 N–H and O–H groups in total. The van der Waals surface area contributed by atoms with Crippen LogP contribution in [-0.2, 0) is 0 Å². The van der Waals surface area contributed by atoms with Gasteiger partial charge in [-0.1, -0.05) is 36.7 Å². The van der Waals surface area contributed by atoms with Gasteiger partial charge in [0, 0.05) is 17.3 Å². The first kappa shape index (κ1) is 14.8. The number of carbonyl (C=O) groups is 1. The number of hydrogen-bond acceptors (Lipinski definition) is 2. The van der Waals surface area contributed by atoms with E-state index in [0.717, 1.165) is 28.3 Å². The lowest BCUT2D eigenvalue weighted by atomic mass is 10.0. The van der Waals surface area contributed by atoms with Gasteiger partial charge in [0.2, 0.25) is 0 Å². The summed E-state index contributed by atoms with van der Waals surface area (Å²) in [4.78, 5) is 17.1. The van der Waals surface area contributed by atoms with E-state index in [4.69, 9.17) is 16.6 Å². The fraction of sp³-hybridized carbons (Fsp3) is 0.222. The molecule has 3 nitrogen and oxygen atoms in total. The molecule has 112 valence electrons. The summed E-state index contributed by atoms with van der Waals surface area (Å²) in [5, 5.41) is 5.35. The van der Waals surface area contributed by atoms with Gasteiger partial charge in [-0.3, -0.25) is 4.79 Å². The third-order valence-corrected chi connectivity index (χ3v) is 4.07. The highest BCUT2D eigenvalue weighted by Crippen LogP contribution is 2.29. The smallest absolute Gasteiger partial charge is 0.253 e. The lowest BCUT2D eigenvalue weighted by molar-refractivity contribution is 0.0955. The van der Waals surface area contributed by atoms with Crippen molar-refractivity contribution in [2.24, 2.45) is 0 Å². The van der Waals surface area contributed by atoms with Crippen molar-refractivity contribution in [3.8, 4) is 0 Å². The molecule has 3 rings (SSSR count). The van der Waals surface area contributed by atoms with Gasteiger partial charge in [0.05, 0.1) is 21.6 Å². The zero-order valence-electron chi connectivity index (χ0n) is 12.6. The summed E-state index contributed by atoms with van der Waals surface area (Å²) in [6.07, 6.45) is 0.896. The second-order valence-electron chi connectivity index (χ2n) is 5.38. The van der Waals surface area contributed by atoms with Gasteiger partial charge in [-0.2, -0.15) is 0 Å². The molecule has 1 aromatic heterocycles. The van der Waals surface area contributed by atoms with Crippen LogP contribution in [0.2, 0.25) is 5.02 Å². The zero-order valence-corrected chi connectivity index (χ0v) is 13.4. The molecule has 3 aromatic rings. The SMILES string of the molecule is CCCNC(=O)c1ccc(Cl)c2cc3cccc(C)c3nc12. The number of nitrogens with one attached hydrogen (secondary N) is 1. The van der Waals surface area contributed by atoms with Crippen molar-refractivity contribution in [1.82, 2.24) is 10.3 Å². The molecule has 0 saturated heterocycles. The average Bonchev–Trinajstić information content (AvgIpc) is 2.52. The van der Waals surface area contributed by atoms with Crippen LogP contribution in [0.15, 0.2) is 36.4 Å². The van der Waals surface area contributed by atoms with Crippen LogP contribution in [0.3, 0.4) is 0 Å². The summed E-state index contributed by atoms with van der Waals surface area (Å²) >= 11 is 6.31. The minimum atomic E-state index is -0.107. The van der Waals surface area contributed by atoms with Crippen LogP contribution in [0.1, 0.15) is 29.3 Å². The van der Waals surface area contributed by atoms with E-state index in [-0.39, 0.29) is 5.91 Å². The standard InChI is InChI=1S/C18H17ClN2O/c1-3-9-20-18(22)13-7-8-15(19)14-10-12-6-4-5-11(2)16(12)21-17(13)14/h4-8,10H,3,9H2,1-2H3,(H,20,22). The average molecular weight is 313 g/mol. The zero-order chi connectivity index (χ0) is 15.7. The monoisotopic (exact) mass is 312 g/mol. The number of benzene rings is 2. The molecule has 1 amide bonds. The molecule has 0 saturated carbocycles. The van der Waals surface area contributed by atoms with E-state index in [9.17, 15) is 4.79 Å². The molecule has 4 heteroatoms. The molecule has 0 aliphatic carbocycles. The summed E-state index contributed by atoms with van der Waals surface area (Å²) in [5.41, 5.74) is 3.21. The number of rotatable bonds is 3. The Bertz CT molecular complexity index is 874. The normalized spacial score (nSPS) is 11.0. The van der Waals surface area contributed by atoms with Gasteiger partial charge in [-0.05, 0) is 37.1 Å². The number of aryl methyl sites for hydroxylation is 1. The largest absolute Gasteiger partial charge is 0.352 e. The summed E-state index contributed by atoms with van der Waals surface area (Å²) in [7, 11) is 0. The van der Waals surface area contributed by atoms with E-state index < -0.39 is 0 Å². The first-order valence-electron chi connectivity index (χ1n) is 7.38. The van der Waals surface area contributed by atoms with Crippen molar-refractivity contribution in [2.75, 3.05) is 6.54 Å². The molecule has 0 aliphatic heterocycles. The molecule has 0 atom stereocenters. The Hall–Kier alpha value is -2.13. The Labute approximate surface area is 134 Å². The number of nitrogens with zero attached hydrogens (tertiary/aromatic N) is 1. The Morgan fingerprint density at radius 1 is 1.23 bits per heavy atom. The molecular weight excluding hydrogens is 296 g/mol. The Morgan fingerprint density at radius 2 is 2.05 bits per heavy atom. The van der Waals surface area contributed by atoms with Crippen molar-refractivity contribution in [2.45, 2.75) is 20.3 Å². The van der Waals surface area contributed by atoms with Gasteiger partial charge in [-0.25, -0.2) is 4.98 Å². The fourth-order valence-electron chi connectivity index (χ4n) is 2.58. The van der Waals surface area contributed by atoms with Crippen molar-refractivity contribution < 1.29 is 4.79 Å². The molecular formula is C18H17ClN2O. The first-order valence-corrected chi connectivity index (χ1v) is 7.76. The number of amides is 1. The highest BCUT2D eigenvalue weighted by atomic mass is 35.5. The van der Waals surface area contributed by atoms with Crippen LogP contribution >= 0.6 is 11.6 Å². The fourth-order valence-corrected chi connectivity index (χ4v) is 2.78. The van der Waals surface area contributed by atoms with Crippen LogP contribution in [-0.4, -0.2) is 17.4 Å². The van der Waals surface area contributed by atoms with Crippen LogP contribution in [0.25, 0.3) is 21.8 Å². The number of halogens is 1. The Morgan fingerprint density at radius 3 is 2.82 bits per heavy atom. The number of fused-ring (bicyclic) bond motifs is 2. The van der Waals surface area contributed by atoms with Crippen LogP contribution < -0.4 is 5.32 Å². The van der Waals surface area contributed by atoms with Gasteiger partial charge in [0.25, 0.3) is 5.91 Å². The van der Waals surface area contributed by atoms with E-state index in [1.807, 2.05) is 38.1 Å². The van der Waals surface area contributed by atoms with Gasteiger partial charge in [-0.15, -0.1) is 0 Å². The van der Waals surface area contributed by atoms with Crippen molar-refractivity contribution in [3.63, 3.8) is 0 Å². The molecule has 0 bridgehead atoms. The van der Waals surface area contributed by atoms with Gasteiger partial charge in [0.15, 0.2) is 0 Å². The second-order valence-corrected chi connectivity index (χ2v) is 5.79. The summed E-state index contributed by atoms with van der Waals surface area (Å²) in [5.74, 6) is -0.107. The quantitative estimate of drug-likeness (QED) is 0.724. The van der Waals surface area contributed by atoms with Crippen LogP contribution in [0.5, 0.6) is 0 Å². The molecule has 22 heavy (non-hydrogen) atoms. The van der Waals surface area contributed by atoms with Gasteiger partial charge >= 0.3 is 0 Å². The maximum absolute atomic E-state index is 12.4. The molecule has 0 unspecified atom stereocenters. The molecule has 2 aromatic carbocycles. The van der Waals surface area contributed by atoms with Crippen LogP contribution in [0.4, 0.5) is 0 Å². The van der Waals surface area contributed by atoms with E-state index in [2.05, 4.69) is 5.32 Å². The predicted octanol–water partition coefficient (Wildman–Crippen LogP) is 4.49. The van der Waals surface area contributed by atoms with E-state index in [0.29, 0.717) is 22.6 Å². The highest BCUT2D eigenvalue weighted by Gasteiger charge is 2.14. The van der Waals surface area contributed by atoms with Crippen molar-refractivity contribution >= 4 is 39.3 Å². The topological polar surface area (TPSA) is 42.0 Å². The van der Waals surface area contributed by atoms with Gasteiger partial charge in [0.1, 0.15) is 0 Å². The molecule has 0 fully saturated rings. The highest BCUT2D eigenvalue weighted by molar-refractivity contribution is 6.36. The van der Waals surface area contributed by atoms with Crippen molar-refractivity contribution in [1.29, 1.82) is 0 Å². The number of hydrogen-bond donors (Lipinski definition) is 1. The van der Waals surface area contributed by atoms with E-state index >= 15 is 0 Å². The first-order chi connectivity index (χ1) is 10.6. The number of para-hydroxylation sites is 1. The minimum absolute atomic E-state index is 0.107.